The summed E-state index contributed by atoms with van der Waals surface area (Å²) < 4.78 is 6.36. The van der Waals surface area contributed by atoms with Gasteiger partial charge in [0.05, 0.1) is 0 Å². The van der Waals surface area contributed by atoms with Crippen LogP contribution in [0.2, 0.25) is 0 Å². The van der Waals surface area contributed by atoms with E-state index in [4.69, 9.17) is 4.74 Å². The molecular formula is C28H22O3. The molecule has 0 aliphatic rings. The van der Waals surface area contributed by atoms with E-state index < -0.39 is 12.2 Å². The number of hydrogen-bond donors (Lipinski definition) is 0. The Hall–Kier alpha value is -3.82. The van der Waals surface area contributed by atoms with Crippen molar-refractivity contribution < 1.29 is 14.3 Å². The van der Waals surface area contributed by atoms with Gasteiger partial charge in [-0.1, -0.05) is 121 Å². The van der Waals surface area contributed by atoms with Crippen molar-refractivity contribution in [3.05, 3.63) is 144 Å². The molecule has 0 aliphatic heterocycles. The van der Waals surface area contributed by atoms with Gasteiger partial charge in [-0.05, 0) is 11.1 Å². The zero-order valence-corrected chi connectivity index (χ0v) is 16.9. The van der Waals surface area contributed by atoms with Crippen LogP contribution in [-0.2, 0) is 4.74 Å². The maximum absolute atomic E-state index is 13.4. The van der Waals surface area contributed by atoms with Gasteiger partial charge in [0.1, 0.15) is 12.2 Å². The summed E-state index contributed by atoms with van der Waals surface area (Å²) in [5.74, 6) is -0.373. The highest BCUT2D eigenvalue weighted by Gasteiger charge is 2.31. The number of Topliss-reactive ketones (excluding diaryl/α,β-unsaturated/α-hetero) is 2. The molecule has 0 amide bonds. The lowest BCUT2D eigenvalue weighted by atomic mass is 9.96. The van der Waals surface area contributed by atoms with E-state index in [1.54, 1.807) is 24.3 Å². The maximum atomic E-state index is 13.4. The minimum atomic E-state index is -0.915. The molecule has 0 fully saturated rings. The van der Waals surface area contributed by atoms with Gasteiger partial charge in [-0.3, -0.25) is 9.59 Å². The largest absolute Gasteiger partial charge is 0.349 e. The third kappa shape index (κ3) is 4.85. The number of benzene rings is 4. The van der Waals surface area contributed by atoms with Gasteiger partial charge >= 0.3 is 0 Å². The quantitative estimate of drug-likeness (QED) is 0.325. The van der Waals surface area contributed by atoms with Gasteiger partial charge in [0.2, 0.25) is 0 Å². The van der Waals surface area contributed by atoms with Crippen LogP contribution < -0.4 is 0 Å². The number of hydrogen-bond acceptors (Lipinski definition) is 3. The van der Waals surface area contributed by atoms with Crippen LogP contribution in [0, 0.1) is 0 Å². The maximum Gasteiger partial charge on any atom is 0.196 e. The summed E-state index contributed by atoms with van der Waals surface area (Å²) in [7, 11) is 0. The minimum Gasteiger partial charge on any atom is -0.349 e. The molecule has 0 spiro atoms. The van der Waals surface area contributed by atoms with Crippen molar-refractivity contribution in [1.29, 1.82) is 0 Å². The van der Waals surface area contributed by atoms with E-state index in [1.807, 2.05) is 97.1 Å². The van der Waals surface area contributed by atoms with Gasteiger partial charge in [-0.15, -0.1) is 0 Å². The van der Waals surface area contributed by atoms with E-state index in [0.717, 1.165) is 0 Å². The molecule has 4 aromatic rings. The molecule has 2 unspecified atom stereocenters. The van der Waals surface area contributed by atoms with E-state index in [9.17, 15) is 9.59 Å². The SMILES string of the molecule is O=C(c1ccccc1)C(OC(C(=O)c1ccccc1)c1ccccc1)c1ccccc1. The molecule has 152 valence electrons. The van der Waals surface area contributed by atoms with Crippen molar-refractivity contribution in [1.82, 2.24) is 0 Å². The molecule has 0 heterocycles. The monoisotopic (exact) mass is 406 g/mol. The van der Waals surface area contributed by atoms with Crippen molar-refractivity contribution in [2.45, 2.75) is 12.2 Å². The molecule has 0 saturated carbocycles. The summed E-state index contributed by atoms with van der Waals surface area (Å²) in [5.41, 5.74) is 2.49. The van der Waals surface area contributed by atoms with E-state index >= 15 is 0 Å². The van der Waals surface area contributed by atoms with Crippen LogP contribution in [-0.4, -0.2) is 11.6 Å². The average molecular weight is 406 g/mol. The minimum absolute atomic E-state index is 0.186. The van der Waals surface area contributed by atoms with E-state index in [0.29, 0.717) is 22.3 Å². The zero-order chi connectivity index (χ0) is 21.5. The van der Waals surface area contributed by atoms with Crippen molar-refractivity contribution in [3.8, 4) is 0 Å². The molecule has 4 rings (SSSR count). The van der Waals surface area contributed by atoms with E-state index in [1.165, 1.54) is 0 Å². The predicted octanol–water partition coefficient (Wildman–Crippen LogP) is 6.25. The highest BCUT2D eigenvalue weighted by atomic mass is 16.5. The Morgan fingerprint density at radius 2 is 0.742 bits per heavy atom. The first-order chi connectivity index (χ1) is 15.2. The highest BCUT2D eigenvalue weighted by Crippen LogP contribution is 2.32. The van der Waals surface area contributed by atoms with Crippen LogP contribution in [0.3, 0.4) is 0 Å². The van der Waals surface area contributed by atoms with Crippen LogP contribution in [0.25, 0.3) is 0 Å². The molecule has 0 aliphatic carbocycles. The van der Waals surface area contributed by atoms with Crippen LogP contribution in [0.15, 0.2) is 121 Å². The Bertz CT molecular complexity index is 1030. The van der Waals surface area contributed by atoms with Crippen LogP contribution in [0.4, 0.5) is 0 Å². The summed E-state index contributed by atoms with van der Waals surface area (Å²) >= 11 is 0. The van der Waals surface area contributed by atoms with Gasteiger partial charge in [0, 0.05) is 11.1 Å². The number of ketones is 2. The Kier molecular flexibility index (Phi) is 6.46. The van der Waals surface area contributed by atoms with Crippen LogP contribution in [0.1, 0.15) is 44.1 Å². The summed E-state index contributed by atoms with van der Waals surface area (Å²) in [4.78, 5) is 26.9. The Balaban J connectivity index is 1.75. The Morgan fingerprint density at radius 3 is 1.06 bits per heavy atom. The predicted molar refractivity (Wildman–Crippen MR) is 121 cm³/mol. The second-order valence-electron chi connectivity index (χ2n) is 7.18. The van der Waals surface area contributed by atoms with Gasteiger partial charge in [0.25, 0.3) is 0 Å². The molecule has 3 nitrogen and oxygen atoms in total. The fourth-order valence-electron chi connectivity index (χ4n) is 3.48. The molecular weight excluding hydrogens is 384 g/mol. The number of carbonyl (C=O) groups excluding carboxylic acids is 2. The Morgan fingerprint density at radius 1 is 0.452 bits per heavy atom. The van der Waals surface area contributed by atoms with Crippen molar-refractivity contribution in [2.24, 2.45) is 0 Å². The third-order valence-electron chi connectivity index (χ3n) is 5.07. The average Bonchev–Trinajstić information content (AvgIpc) is 2.86. The van der Waals surface area contributed by atoms with Crippen molar-refractivity contribution in [3.63, 3.8) is 0 Å². The second kappa shape index (κ2) is 9.79. The lowest BCUT2D eigenvalue weighted by Gasteiger charge is -2.24. The molecule has 0 aromatic heterocycles. The smallest absolute Gasteiger partial charge is 0.196 e. The first kappa shape index (κ1) is 20.5. The fraction of sp³-hybridized carbons (Fsp3) is 0.0714. The normalized spacial score (nSPS) is 12.6. The first-order valence-corrected chi connectivity index (χ1v) is 10.2. The van der Waals surface area contributed by atoms with Crippen LogP contribution >= 0.6 is 0 Å². The van der Waals surface area contributed by atoms with Gasteiger partial charge in [-0.2, -0.15) is 0 Å². The van der Waals surface area contributed by atoms with Gasteiger partial charge < -0.3 is 4.74 Å². The highest BCUT2D eigenvalue weighted by molar-refractivity contribution is 6.02. The van der Waals surface area contributed by atoms with Crippen molar-refractivity contribution >= 4 is 11.6 Å². The third-order valence-corrected chi connectivity index (χ3v) is 5.07. The summed E-state index contributed by atoms with van der Waals surface area (Å²) in [6.07, 6.45) is -1.83. The summed E-state index contributed by atoms with van der Waals surface area (Å²) in [6.45, 7) is 0. The molecule has 0 bridgehead atoms. The van der Waals surface area contributed by atoms with Crippen LogP contribution in [0.5, 0.6) is 0 Å². The number of carbonyl (C=O) groups is 2. The lowest BCUT2D eigenvalue weighted by molar-refractivity contribution is 0.00109. The summed E-state index contributed by atoms with van der Waals surface area (Å²) in [6, 6.07) is 36.7. The number of rotatable bonds is 8. The molecule has 0 radical (unpaired) electrons. The lowest BCUT2D eigenvalue weighted by Crippen LogP contribution is -2.24. The van der Waals surface area contributed by atoms with Crippen molar-refractivity contribution in [2.75, 3.05) is 0 Å². The molecule has 4 aromatic carbocycles. The van der Waals surface area contributed by atoms with E-state index in [2.05, 4.69) is 0 Å². The summed E-state index contributed by atoms with van der Waals surface area (Å²) in [5, 5.41) is 0. The molecule has 0 N–H and O–H groups in total. The standard InChI is InChI=1S/C28H22O3/c29-25(21-13-5-1-6-14-21)27(23-17-9-3-10-18-23)31-28(24-19-11-4-12-20-24)26(30)22-15-7-2-8-16-22/h1-20,27-28H. The topological polar surface area (TPSA) is 43.4 Å². The first-order valence-electron chi connectivity index (χ1n) is 10.2. The fourth-order valence-corrected chi connectivity index (χ4v) is 3.48. The molecule has 3 heteroatoms. The number of ether oxygens (including phenoxy) is 1. The zero-order valence-electron chi connectivity index (χ0n) is 16.9. The van der Waals surface area contributed by atoms with E-state index in [-0.39, 0.29) is 11.6 Å². The molecule has 0 saturated heterocycles. The Labute approximate surface area is 181 Å². The second-order valence-corrected chi connectivity index (χ2v) is 7.18. The molecule has 2 atom stereocenters. The van der Waals surface area contributed by atoms with Gasteiger partial charge in [0.15, 0.2) is 11.6 Å². The van der Waals surface area contributed by atoms with Gasteiger partial charge in [-0.25, -0.2) is 0 Å². The molecule has 31 heavy (non-hydrogen) atoms.